The Labute approximate surface area is 192 Å². The van der Waals surface area contributed by atoms with Crippen LogP contribution in [0.4, 0.5) is 16.0 Å². The van der Waals surface area contributed by atoms with E-state index in [1.807, 2.05) is 0 Å². The van der Waals surface area contributed by atoms with Crippen LogP contribution < -0.4 is 5.32 Å². The van der Waals surface area contributed by atoms with E-state index in [4.69, 9.17) is 16.0 Å². The first-order valence-electron chi connectivity index (χ1n) is 9.04. The number of carbonyl (C=O) groups excluding carboxylic acids is 1. The van der Waals surface area contributed by atoms with Crippen molar-refractivity contribution >= 4 is 45.1 Å². The first kappa shape index (κ1) is 21.7. The van der Waals surface area contributed by atoms with Gasteiger partial charge in [-0.15, -0.1) is 0 Å². The summed E-state index contributed by atoms with van der Waals surface area (Å²) in [6.07, 6.45) is 2.90. The number of nitrogens with one attached hydrogen (secondary N) is 1. The highest BCUT2D eigenvalue weighted by molar-refractivity contribution is 9.10. The molecule has 3 aromatic heterocycles. The summed E-state index contributed by atoms with van der Waals surface area (Å²) in [6, 6.07) is 9.26. The lowest BCUT2D eigenvalue weighted by molar-refractivity contribution is -0.390. The van der Waals surface area contributed by atoms with Gasteiger partial charge in [0, 0.05) is 11.8 Å². The van der Waals surface area contributed by atoms with Crippen molar-refractivity contribution in [2.75, 3.05) is 5.32 Å². The minimum Gasteiger partial charge on any atom is -0.454 e. The van der Waals surface area contributed by atoms with Crippen molar-refractivity contribution in [3.8, 4) is 0 Å². The summed E-state index contributed by atoms with van der Waals surface area (Å²) in [5.74, 6) is -0.853. The molecule has 0 aliphatic heterocycles. The van der Waals surface area contributed by atoms with Gasteiger partial charge in [-0.2, -0.15) is 9.78 Å². The van der Waals surface area contributed by atoms with E-state index in [2.05, 4.69) is 31.4 Å². The molecule has 0 aliphatic rings. The van der Waals surface area contributed by atoms with Gasteiger partial charge in [-0.1, -0.05) is 29.8 Å². The van der Waals surface area contributed by atoms with Crippen molar-refractivity contribution < 1.29 is 18.5 Å². The number of halogens is 3. The Morgan fingerprint density at radius 1 is 1.19 bits per heavy atom. The monoisotopic (exact) mass is 522 g/mol. The Hall–Kier alpha value is -3.51. The fraction of sp³-hybridized carbons (Fsp3) is 0.105. The van der Waals surface area contributed by atoms with Gasteiger partial charge in [0.15, 0.2) is 11.6 Å². The molecule has 0 spiro atoms. The average Bonchev–Trinajstić information content (AvgIpc) is 3.44. The number of rotatable bonds is 7. The van der Waals surface area contributed by atoms with E-state index in [0.29, 0.717) is 11.3 Å². The third-order valence-electron chi connectivity index (χ3n) is 4.31. The maximum atomic E-state index is 13.8. The highest BCUT2D eigenvalue weighted by atomic mass is 79.9. The van der Waals surface area contributed by atoms with Crippen molar-refractivity contribution in [2.24, 2.45) is 0 Å². The summed E-state index contributed by atoms with van der Waals surface area (Å²) in [5.41, 5.74) is 0.422. The molecule has 3 heterocycles. The third-order valence-corrected chi connectivity index (χ3v) is 5.15. The van der Waals surface area contributed by atoms with Gasteiger partial charge in [-0.05, 0) is 39.1 Å². The predicted molar refractivity (Wildman–Crippen MR) is 115 cm³/mol. The summed E-state index contributed by atoms with van der Waals surface area (Å²) in [7, 11) is 0. The molecule has 0 aliphatic carbocycles. The Bertz CT molecular complexity index is 1320. The maximum Gasteiger partial charge on any atom is 0.404 e. The Morgan fingerprint density at radius 2 is 1.94 bits per heavy atom. The summed E-state index contributed by atoms with van der Waals surface area (Å²) in [4.78, 5) is 22.8. The van der Waals surface area contributed by atoms with Gasteiger partial charge < -0.3 is 19.8 Å². The third kappa shape index (κ3) is 4.70. The number of furan rings is 1. The SMILES string of the molecule is O=C(Nc1nn(Cc2ccccc2F)cc1Cl)c1ccc(Cn2cc(Br)c([N+](=O)[O-])n2)o1. The van der Waals surface area contributed by atoms with E-state index in [1.54, 1.807) is 24.3 Å². The summed E-state index contributed by atoms with van der Waals surface area (Å²) < 4.78 is 22.3. The first-order valence-corrected chi connectivity index (χ1v) is 10.2. The molecule has 1 aromatic carbocycles. The molecule has 0 fully saturated rings. The van der Waals surface area contributed by atoms with Gasteiger partial charge in [0.1, 0.15) is 27.6 Å². The molecule has 13 heteroatoms. The first-order chi connectivity index (χ1) is 15.3. The molecule has 1 N–H and O–H groups in total. The molecule has 32 heavy (non-hydrogen) atoms. The molecule has 0 saturated carbocycles. The molecule has 0 saturated heterocycles. The zero-order chi connectivity index (χ0) is 22.8. The van der Waals surface area contributed by atoms with Gasteiger partial charge in [0.25, 0.3) is 5.91 Å². The van der Waals surface area contributed by atoms with Crippen LogP contribution in [0.2, 0.25) is 5.02 Å². The fourth-order valence-electron chi connectivity index (χ4n) is 2.87. The van der Waals surface area contributed by atoms with Crippen molar-refractivity contribution in [1.82, 2.24) is 19.6 Å². The van der Waals surface area contributed by atoms with Crippen LogP contribution >= 0.6 is 27.5 Å². The molecule has 1 amide bonds. The minimum absolute atomic E-state index is 0.0135. The molecule has 0 radical (unpaired) electrons. The van der Waals surface area contributed by atoms with Crippen molar-refractivity contribution in [1.29, 1.82) is 0 Å². The topological polar surface area (TPSA) is 121 Å². The molecule has 4 rings (SSSR count). The lowest BCUT2D eigenvalue weighted by Gasteiger charge is -2.03. The van der Waals surface area contributed by atoms with E-state index in [0.717, 1.165) is 0 Å². The molecular weight excluding hydrogens is 511 g/mol. The van der Waals surface area contributed by atoms with Gasteiger partial charge in [0.05, 0.1) is 17.8 Å². The number of aromatic nitrogens is 4. The van der Waals surface area contributed by atoms with E-state index in [-0.39, 0.29) is 45.8 Å². The van der Waals surface area contributed by atoms with Crippen LogP contribution in [0, 0.1) is 15.9 Å². The highest BCUT2D eigenvalue weighted by Crippen LogP contribution is 2.24. The van der Waals surface area contributed by atoms with E-state index >= 15 is 0 Å². The molecule has 0 unspecified atom stereocenters. The zero-order valence-electron chi connectivity index (χ0n) is 16.0. The number of carbonyl (C=O) groups is 1. The highest BCUT2D eigenvalue weighted by Gasteiger charge is 2.20. The molecular formula is C19H13BrClFN6O4. The smallest absolute Gasteiger partial charge is 0.404 e. The van der Waals surface area contributed by atoms with Crippen molar-refractivity contribution in [3.63, 3.8) is 0 Å². The lowest BCUT2D eigenvalue weighted by Crippen LogP contribution is -2.12. The zero-order valence-corrected chi connectivity index (χ0v) is 18.4. The minimum atomic E-state index is -0.614. The Balaban J connectivity index is 1.43. The van der Waals surface area contributed by atoms with Crippen LogP contribution in [-0.2, 0) is 13.1 Å². The molecule has 10 nitrogen and oxygen atoms in total. The van der Waals surface area contributed by atoms with Crippen molar-refractivity contribution in [2.45, 2.75) is 13.1 Å². The van der Waals surface area contributed by atoms with Crippen LogP contribution in [0.15, 0.2) is 57.7 Å². The van der Waals surface area contributed by atoms with Crippen LogP contribution in [-0.4, -0.2) is 30.4 Å². The molecule has 4 aromatic rings. The fourth-order valence-corrected chi connectivity index (χ4v) is 3.53. The van der Waals surface area contributed by atoms with E-state index in [9.17, 15) is 19.3 Å². The Morgan fingerprint density at radius 3 is 2.66 bits per heavy atom. The van der Waals surface area contributed by atoms with E-state index in [1.165, 1.54) is 33.9 Å². The van der Waals surface area contributed by atoms with Gasteiger partial charge in [-0.3, -0.25) is 9.48 Å². The van der Waals surface area contributed by atoms with Crippen LogP contribution in [0.3, 0.4) is 0 Å². The Kier molecular flexibility index (Phi) is 6.06. The second-order valence-electron chi connectivity index (χ2n) is 6.59. The summed E-state index contributed by atoms with van der Waals surface area (Å²) in [5, 5.41) is 21.6. The predicted octanol–water partition coefficient (Wildman–Crippen LogP) is 4.48. The van der Waals surface area contributed by atoms with Gasteiger partial charge in [0.2, 0.25) is 0 Å². The molecule has 0 bridgehead atoms. The number of benzene rings is 1. The normalized spacial score (nSPS) is 11.0. The van der Waals surface area contributed by atoms with Crippen LogP contribution in [0.5, 0.6) is 0 Å². The second-order valence-corrected chi connectivity index (χ2v) is 7.85. The van der Waals surface area contributed by atoms with Crippen molar-refractivity contribution in [3.05, 3.63) is 91.3 Å². The number of anilines is 1. The summed E-state index contributed by atoms with van der Waals surface area (Å²) >= 11 is 9.21. The second kappa shape index (κ2) is 8.93. The largest absolute Gasteiger partial charge is 0.454 e. The van der Waals surface area contributed by atoms with Crippen LogP contribution in [0.25, 0.3) is 0 Å². The van der Waals surface area contributed by atoms with Crippen LogP contribution in [0.1, 0.15) is 21.9 Å². The summed E-state index contributed by atoms with van der Waals surface area (Å²) in [6.45, 7) is 0.219. The lowest BCUT2D eigenvalue weighted by atomic mass is 10.2. The molecule has 164 valence electrons. The number of nitrogens with zero attached hydrogens (tertiary/aromatic N) is 5. The van der Waals surface area contributed by atoms with Gasteiger partial charge in [-0.25, -0.2) is 4.39 Å². The standard InChI is InChI=1S/C19H13BrClFN6O4/c20-13-9-27(25-18(13)28(30)31)8-12-5-6-16(32-12)19(29)23-17-14(21)10-26(24-17)7-11-3-1-2-4-15(11)22/h1-6,9-10H,7-8H2,(H,23,24,29). The van der Waals surface area contributed by atoms with Gasteiger partial charge >= 0.3 is 5.82 Å². The molecule has 0 atom stereocenters. The number of amides is 1. The maximum absolute atomic E-state index is 13.8. The quantitative estimate of drug-likeness (QED) is 0.281. The number of hydrogen-bond acceptors (Lipinski definition) is 6. The van der Waals surface area contributed by atoms with E-state index < -0.39 is 10.8 Å². The number of hydrogen-bond donors (Lipinski definition) is 1. The number of nitro groups is 1. The average molecular weight is 524 g/mol.